The van der Waals surface area contributed by atoms with Crippen LogP contribution in [-0.4, -0.2) is 14.2 Å². The molecule has 92 valence electrons. The minimum absolute atomic E-state index is 0.0912. The van der Waals surface area contributed by atoms with Gasteiger partial charge in [0.05, 0.1) is 17.1 Å². The lowest BCUT2D eigenvalue weighted by Crippen LogP contribution is -2.16. The summed E-state index contributed by atoms with van der Waals surface area (Å²) in [4.78, 5) is 0. The molecule has 0 bridgehead atoms. The topological polar surface area (TPSA) is 57.9 Å². The summed E-state index contributed by atoms with van der Waals surface area (Å²) in [5.41, 5.74) is 0.840. The van der Waals surface area contributed by atoms with Gasteiger partial charge in [0.15, 0.2) is 9.84 Å². The fraction of sp³-hybridized carbons (Fsp3) is 0.462. The van der Waals surface area contributed by atoms with Gasteiger partial charge in [-0.2, -0.15) is 5.26 Å². The number of unbranched alkanes of at least 4 members (excludes halogenated alkanes) is 1. The van der Waals surface area contributed by atoms with E-state index in [0.717, 1.165) is 5.56 Å². The van der Waals surface area contributed by atoms with E-state index in [-0.39, 0.29) is 5.75 Å². The average molecular weight is 251 g/mol. The molecular weight excluding hydrogens is 234 g/mol. The van der Waals surface area contributed by atoms with Crippen LogP contribution in [0, 0.1) is 11.3 Å². The van der Waals surface area contributed by atoms with Crippen LogP contribution in [0.3, 0.4) is 0 Å². The molecule has 1 aromatic carbocycles. The molecular formula is C13H17NO2S. The third kappa shape index (κ3) is 3.86. The molecule has 0 heterocycles. The van der Waals surface area contributed by atoms with Gasteiger partial charge in [-0.15, -0.1) is 0 Å². The van der Waals surface area contributed by atoms with Crippen LogP contribution in [-0.2, 0) is 9.84 Å². The first-order valence-corrected chi connectivity index (χ1v) is 7.47. The van der Waals surface area contributed by atoms with E-state index >= 15 is 0 Å². The molecule has 0 saturated heterocycles. The Labute approximate surface area is 103 Å². The standard InChI is InChI=1S/C13H17NO2S/c1-2-13(12-8-4-3-5-9-12)17(15,16)11-7-6-10-14/h3-5,8-9,13H,2,6-7,11H2,1H3/t13-/m0/s1. The van der Waals surface area contributed by atoms with E-state index in [2.05, 4.69) is 0 Å². The molecule has 0 saturated carbocycles. The Hall–Kier alpha value is -1.34. The molecule has 1 atom stereocenters. The van der Waals surface area contributed by atoms with Crippen molar-refractivity contribution in [1.82, 2.24) is 0 Å². The van der Waals surface area contributed by atoms with E-state index in [4.69, 9.17) is 5.26 Å². The molecule has 4 heteroatoms. The predicted octanol–water partition coefficient (Wildman–Crippen LogP) is 2.86. The zero-order chi connectivity index (χ0) is 12.7. The zero-order valence-corrected chi connectivity index (χ0v) is 10.8. The number of hydrogen-bond donors (Lipinski definition) is 0. The summed E-state index contributed by atoms with van der Waals surface area (Å²) in [6.07, 6.45) is 1.28. The first kappa shape index (κ1) is 13.7. The highest BCUT2D eigenvalue weighted by molar-refractivity contribution is 7.91. The van der Waals surface area contributed by atoms with E-state index in [1.54, 1.807) is 0 Å². The first-order chi connectivity index (χ1) is 8.11. The second-order valence-corrected chi connectivity index (χ2v) is 6.24. The minimum Gasteiger partial charge on any atom is -0.228 e. The van der Waals surface area contributed by atoms with Crippen molar-refractivity contribution in [2.45, 2.75) is 31.4 Å². The fourth-order valence-electron chi connectivity index (χ4n) is 1.86. The Morgan fingerprint density at radius 1 is 1.29 bits per heavy atom. The molecule has 0 spiro atoms. The molecule has 0 fully saturated rings. The summed E-state index contributed by atoms with van der Waals surface area (Å²) in [5, 5.41) is 7.99. The van der Waals surface area contributed by atoms with Gasteiger partial charge >= 0.3 is 0 Å². The minimum atomic E-state index is -3.15. The van der Waals surface area contributed by atoms with Crippen molar-refractivity contribution < 1.29 is 8.42 Å². The number of rotatable bonds is 6. The number of benzene rings is 1. The van der Waals surface area contributed by atoms with E-state index in [1.807, 2.05) is 43.3 Å². The lowest BCUT2D eigenvalue weighted by atomic mass is 10.1. The SMILES string of the molecule is CC[C@@H](c1ccccc1)S(=O)(=O)CCCC#N. The van der Waals surface area contributed by atoms with Gasteiger partial charge in [0.1, 0.15) is 0 Å². The van der Waals surface area contributed by atoms with Crippen molar-refractivity contribution in [1.29, 1.82) is 5.26 Å². The van der Waals surface area contributed by atoms with Crippen molar-refractivity contribution >= 4 is 9.84 Å². The quantitative estimate of drug-likeness (QED) is 0.730. The van der Waals surface area contributed by atoms with Gasteiger partial charge in [0.25, 0.3) is 0 Å². The second kappa shape index (κ2) is 6.41. The van der Waals surface area contributed by atoms with Crippen LogP contribution < -0.4 is 0 Å². The molecule has 3 nitrogen and oxygen atoms in total. The van der Waals surface area contributed by atoms with E-state index in [0.29, 0.717) is 19.3 Å². The van der Waals surface area contributed by atoms with Crippen LogP contribution in [0.4, 0.5) is 0 Å². The highest BCUT2D eigenvalue weighted by Crippen LogP contribution is 2.26. The lowest BCUT2D eigenvalue weighted by Gasteiger charge is -2.15. The van der Waals surface area contributed by atoms with Gasteiger partial charge in [-0.05, 0) is 18.4 Å². The van der Waals surface area contributed by atoms with Crippen molar-refractivity contribution in [3.05, 3.63) is 35.9 Å². The van der Waals surface area contributed by atoms with Crippen molar-refractivity contribution in [2.75, 3.05) is 5.75 Å². The maximum atomic E-state index is 12.1. The maximum absolute atomic E-state index is 12.1. The molecule has 17 heavy (non-hydrogen) atoms. The van der Waals surface area contributed by atoms with Gasteiger partial charge in [0.2, 0.25) is 0 Å². The van der Waals surface area contributed by atoms with Gasteiger partial charge in [-0.25, -0.2) is 8.42 Å². The Balaban J connectivity index is 2.84. The Kier molecular flexibility index (Phi) is 5.17. The van der Waals surface area contributed by atoms with Gasteiger partial charge in [-0.1, -0.05) is 37.3 Å². The first-order valence-electron chi connectivity index (χ1n) is 5.75. The van der Waals surface area contributed by atoms with Gasteiger partial charge < -0.3 is 0 Å². The Morgan fingerprint density at radius 2 is 1.94 bits per heavy atom. The molecule has 0 aliphatic heterocycles. The van der Waals surface area contributed by atoms with E-state index < -0.39 is 15.1 Å². The summed E-state index contributed by atoms with van der Waals surface area (Å²) in [5.74, 6) is 0.0912. The molecule has 1 rings (SSSR count). The maximum Gasteiger partial charge on any atom is 0.157 e. The summed E-state index contributed by atoms with van der Waals surface area (Å²) >= 11 is 0. The smallest absolute Gasteiger partial charge is 0.157 e. The second-order valence-electron chi connectivity index (χ2n) is 3.94. The van der Waals surface area contributed by atoms with Crippen LogP contribution in [0.1, 0.15) is 37.0 Å². The summed E-state index contributed by atoms with van der Waals surface area (Å²) < 4.78 is 24.3. The lowest BCUT2D eigenvalue weighted by molar-refractivity contribution is 0.577. The molecule has 0 N–H and O–H groups in total. The zero-order valence-electron chi connectivity index (χ0n) is 9.96. The number of nitrogens with zero attached hydrogens (tertiary/aromatic N) is 1. The third-order valence-corrected chi connectivity index (χ3v) is 5.02. The number of hydrogen-bond acceptors (Lipinski definition) is 3. The number of nitriles is 1. The van der Waals surface area contributed by atoms with E-state index in [9.17, 15) is 8.42 Å². The molecule has 0 unspecified atom stereocenters. The van der Waals surface area contributed by atoms with Crippen molar-refractivity contribution in [3.8, 4) is 6.07 Å². The van der Waals surface area contributed by atoms with Gasteiger partial charge in [-0.3, -0.25) is 0 Å². The molecule has 0 amide bonds. The normalized spacial score (nSPS) is 12.9. The van der Waals surface area contributed by atoms with E-state index in [1.165, 1.54) is 0 Å². The molecule has 0 aliphatic carbocycles. The highest BCUT2D eigenvalue weighted by atomic mass is 32.2. The van der Waals surface area contributed by atoms with Gasteiger partial charge in [0, 0.05) is 6.42 Å². The highest BCUT2D eigenvalue weighted by Gasteiger charge is 2.24. The monoisotopic (exact) mass is 251 g/mol. The van der Waals surface area contributed by atoms with Crippen molar-refractivity contribution in [2.24, 2.45) is 0 Å². The Bertz CT molecular complexity index is 474. The van der Waals surface area contributed by atoms with Crippen LogP contribution in [0.5, 0.6) is 0 Å². The number of sulfone groups is 1. The fourth-order valence-corrected chi connectivity index (χ4v) is 3.77. The predicted molar refractivity (Wildman–Crippen MR) is 68.1 cm³/mol. The average Bonchev–Trinajstić information content (AvgIpc) is 2.31. The van der Waals surface area contributed by atoms with Crippen molar-refractivity contribution in [3.63, 3.8) is 0 Å². The summed E-state index contributed by atoms with van der Waals surface area (Å²) in [6, 6.07) is 11.2. The third-order valence-electron chi connectivity index (χ3n) is 2.69. The Morgan fingerprint density at radius 3 is 2.47 bits per heavy atom. The molecule has 1 aromatic rings. The largest absolute Gasteiger partial charge is 0.228 e. The molecule has 0 aromatic heterocycles. The van der Waals surface area contributed by atoms with Crippen LogP contribution in [0.15, 0.2) is 30.3 Å². The molecule has 0 radical (unpaired) electrons. The van der Waals surface area contributed by atoms with Crippen LogP contribution >= 0.6 is 0 Å². The molecule has 0 aliphatic rings. The summed E-state index contributed by atoms with van der Waals surface area (Å²) in [7, 11) is -3.15. The summed E-state index contributed by atoms with van der Waals surface area (Å²) in [6.45, 7) is 1.87. The van der Waals surface area contributed by atoms with Crippen LogP contribution in [0.2, 0.25) is 0 Å². The van der Waals surface area contributed by atoms with Crippen LogP contribution in [0.25, 0.3) is 0 Å².